The maximum atomic E-state index is 13.3. The molecule has 37 heavy (non-hydrogen) atoms. The van der Waals surface area contributed by atoms with E-state index in [1.54, 1.807) is 22.9 Å². The summed E-state index contributed by atoms with van der Waals surface area (Å²) < 4.78 is 59.9. The van der Waals surface area contributed by atoms with E-state index in [9.17, 15) is 22.4 Å². The molecule has 11 heteroatoms. The minimum atomic E-state index is -4.31. The summed E-state index contributed by atoms with van der Waals surface area (Å²) in [5.41, 5.74) is 2.73. The van der Waals surface area contributed by atoms with Gasteiger partial charge in [-0.1, -0.05) is 31.8 Å². The van der Waals surface area contributed by atoms with Crippen molar-refractivity contribution in [1.29, 1.82) is 0 Å². The molecular formula is C26H31F4N3O3Si. The quantitative estimate of drug-likeness (QED) is 0.139. The largest absolute Gasteiger partial charge is 0.389 e. The number of carbonyl (C=O) groups is 1. The molecule has 3 aromatic rings. The number of aryl methyl sites for hydroxylation is 1. The molecule has 0 fully saturated rings. The number of rotatable bonds is 10. The molecule has 1 aliphatic heterocycles. The molecule has 1 amide bonds. The number of hydrogen-bond acceptors (Lipinski definition) is 4. The zero-order chi connectivity index (χ0) is 26.8. The Labute approximate surface area is 214 Å². The first-order chi connectivity index (χ1) is 17.4. The van der Waals surface area contributed by atoms with Crippen LogP contribution in [0.15, 0.2) is 36.7 Å². The van der Waals surface area contributed by atoms with Crippen LogP contribution in [0.3, 0.4) is 0 Å². The Kier molecular flexibility index (Phi) is 8.05. The second-order valence-corrected chi connectivity index (χ2v) is 16.1. The minimum absolute atomic E-state index is 0.0569. The zero-order valence-electron chi connectivity index (χ0n) is 21.2. The molecule has 200 valence electrons. The Bertz CT molecular complexity index is 1250. The zero-order valence-corrected chi connectivity index (χ0v) is 22.2. The lowest BCUT2D eigenvalue weighted by Crippen LogP contribution is -2.39. The molecule has 0 saturated heterocycles. The topological polar surface area (TPSA) is 56.6 Å². The van der Waals surface area contributed by atoms with E-state index < -0.39 is 26.6 Å². The number of nitrogens with zero attached hydrogens (tertiary/aromatic N) is 3. The predicted octanol–water partition coefficient (Wildman–Crippen LogP) is 5.96. The van der Waals surface area contributed by atoms with Crippen LogP contribution in [0.4, 0.5) is 17.6 Å². The second-order valence-electron chi connectivity index (χ2n) is 10.5. The van der Waals surface area contributed by atoms with Gasteiger partial charge >= 0.3 is 6.18 Å². The first kappa shape index (κ1) is 27.3. The van der Waals surface area contributed by atoms with Gasteiger partial charge in [-0.25, -0.2) is 19.3 Å². The lowest BCUT2D eigenvalue weighted by atomic mass is 9.97. The third-order valence-corrected chi connectivity index (χ3v) is 8.03. The molecule has 2 aromatic heterocycles. The molecule has 0 bridgehead atoms. The van der Waals surface area contributed by atoms with Crippen molar-refractivity contribution >= 4 is 24.9 Å². The number of aromatic nitrogens is 2. The Morgan fingerprint density at radius 3 is 2.54 bits per heavy atom. The van der Waals surface area contributed by atoms with Gasteiger partial charge in [0.15, 0.2) is 6.79 Å². The Morgan fingerprint density at radius 1 is 1.14 bits per heavy atom. The summed E-state index contributed by atoms with van der Waals surface area (Å²) in [5.74, 6) is -0.806. The summed E-state index contributed by atoms with van der Waals surface area (Å²) >= 11 is 0. The van der Waals surface area contributed by atoms with Gasteiger partial charge in [0, 0.05) is 39.2 Å². The third kappa shape index (κ3) is 6.96. The van der Waals surface area contributed by atoms with Gasteiger partial charge in [0.25, 0.3) is 5.91 Å². The smallest absolute Gasteiger partial charge is 0.353 e. The fraction of sp³-hybridized carbons (Fsp3) is 0.462. The van der Waals surface area contributed by atoms with Crippen molar-refractivity contribution in [2.24, 2.45) is 0 Å². The average Bonchev–Trinajstić information content (AvgIpc) is 3.17. The SMILES string of the molecule is C[Si](C)(C)CCOCON1CCc2c(ncc3c2c(CCC(F)(F)F)cn3Cc2ccc(F)cc2)C1=O. The van der Waals surface area contributed by atoms with Crippen LogP contribution in [0.25, 0.3) is 10.9 Å². The van der Waals surface area contributed by atoms with Gasteiger partial charge in [0.05, 0.1) is 18.3 Å². The molecule has 6 nitrogen and oxygen atoms in total. The lowest BCUT2D eigenvalue weighted by Gasteiger charge is -2.27. The number of hydroxylamine groups is 2. The molecule has 0 radical (unpaired) electrons. The summed E-state index contributed by atoms with van der Waals surface area (Å²) in [6.07, 6.45) is -1.92. The maximum absolute atomic E-state index is 13.3. The number of carbonyl (C=O) groups excluding carboxylic acids is 1. The van der Waals surface area contributed by atoms with Crippen molar-refractivity contribution in [3.63, 3.8) is 0 Å². The molecule has 0 unspecified atom stereocenters. The van der Waals surface area contributed by atoms with Crippen molar-refractivity contribution in [2.75, 3.05) is 19.9 Å². The predicted molar refractivity (Wildman–Crippen MR) is 134 cm³/mol. The van der Waals surface area contributed by atoms with Crippen LogP contribution in [-0.2, 0) is 29.0 Å². The van der Waals surface area contributed by atoms with E-state index in [1.165, 1.54) is 23.4 Å². The van der Waals surface area contributed by atoms with E-state index in [2.05, 4.69) is 24.6 Å². The van der Waals surface area contributed by atoms with Crippen LogP contribution in [0.2, 0.25) is 25.7 Å². The highest BCUT2D eigenvalue weighted by molar-refractivity contribution is 6.76. The molecule has 1 aliphatic rings. The van der Waals surface area contributed by atoms with E-state index >= 15 is 0 Å². The standard InChI is InChI=1S/C26H31F4N3O3Si/c1-37(2,3)13-12-35-17-36-33-11-9-21-23-19(8-10-26(28,29)30)16-32(15-18-4-6-20(27)7-5-18)22(23)14-31-24(21)25(33)34/h4-7,14,16H,8-13,15,17H2,1-3H3. The van der Waals surface area contributed by atoms with Crippen LogP contribution in [0.5, 0.6) is 0 Å². The van der Waals surface area contributed by atoms with Gasteiger partial charge in [-0.2, -0.15) is 13.2 Å². The fourth-order valence-electron chi connectivity index (χ4n) is 4.34. The van der Waals surface area contributed by atoms with Gasteiger partial charge in [-0.05, 0) is 47.7 Å². The van der Waals surface area contributed by atoms with E-state index in [0.717, 1.165) is 11.6 Å². The molecule has 0 spiro atoms. The van der Waals surface area contributed by atoms with E-state index in [1.807, 2.05) is 0 Å². The van der Waals surface area contributed by atoms with E-state index in [-0.39, 0.29) is 31.3 Å². The minimum Gasteiger partial charge on any atom is -0.353 e. The van der Waals surface area contributed by atoms with Crippen LogP contribution in [0.1, 0.15) is 33.6 Å². The number of amides is 1. The van der Waals surface area contributed by atoms with Crippen LogP contribution in [0, 0.1) is 5.82 Å². The maximum Gasteiger partial charge on any atom is 0.389 e. The van der Waals surface area contributed by atoms with Crippen LogP contribution < -0.4 is 0 Å². The monoisotopic (exact) mass is 537 g/mol. The van der Waals surface area contributed by atoms with Crippen molar-refractivity contribution in [3.05, 3.63) is 64.9 Å². The molecule has 0 aliphatic carbocycles. The first-order valence-corrected chi connectivity index (χ1v) is 16.0. The van der Waals surface area contributed by atoms with E-state index in [0.29, 0.717) is 41.6 Å². The summed E-state index contributed by atoms with van der Waals surface area (Å²) in [6.45, 7) is 7.79. The van der Waals surface area contributed by atoms with E-state index in [4.69, 9.17) is 9.57 Å². The number of benzene rings is 1. The van der Waals surface area contributed by atoms with Gasteiger partial charge in [0.1, 0.15) is 11.5 Å². The fourth-order valence-corrected chi connectivity index (χ4v) is 5.10. The highest BCUT2D eigenvalue weighted by Gasteiger charge is 2.32. The van der Waals surface area contributed by atoms with Crippen molar-refractivity contribution in [1.82, 2.24) is 14.6 Å². The molecule has 0 N–H and O–H groups in total. The molecule has 0 atom stereocenters. The highest BCUT2D eigenvalue weighted by atomic mass is 28.3. The van der Waals surface area contributed by atoms with Crippen molar-refractivity contribution < 1.29 is 31.9 Å². The van der Waals surface area contributed by atoms with Gasteiger partial charge in [0.2, 0.25) is 0 Å². The van der Waals surface area contributed by atoms with Crippen LogP contribution in [-0.4, -0.2) is 54.7 Å². The van der Waals surface area contributed by atoms with Crippen molar-refractivity contribution in [2.45, 2.75) is 57.7 Å². The average molecular weight is 538 g/mol. The number of fused-ring (bicyclic) bond motifs is 3. The Morgan fingerprint density at radius 2 is 1.86 bits per heavy atom. The summed E-state index contributed by atoms with van der Waals surface area (Å²) in [6, 6.07) is 6.92. The Balaban J connectivity index is 1.58. The number of hydrogen-bond donors (Lipinski definition) is 0. The van der Waals surface area contributed by atoms with Gasteiger partial charge in [-0.3, -0.25) is 4.79 Å². The third-order valence-electron chi connectivity index (χ3n) is 6.33. The molecule has 1 aromatic carbocycles. The number of alkyl halides is 3. The molecule has 3 heterocycles. The summed E-state index contributed by atoms with van der Waals surface area (Å²) in [7, 11) is -1.24. The number of ether oxygens (including phenoxy) is 1. The number of halogens is 4. The second kappa shape index (κ2) is 10.9. The number of pyridine rings is 1. The van der Waals surface area contributed by atoms with Crippen molar-refractivity contribution in [3.8, 4) is 0 Å². The first-order valence-electron chi connectivity index (χ1n) is 12.2. The molecule has 0 saturated carbocycles. The normalized spacial score (nSPS) is 14.5. The molecular weight excluding hydrogens is 506 g/mol. The van der Waals surface area contributed by atoms with Gasteiger partial charge < -0.3 is 9.30 Å². The summed E-state index contributed by atoms with van der Waals surface area (Å²) in [4.78, 5) is 23.0. The van der Waals surface area contributed by atoms with Gasteiger partial charge in [-0.15, -0.1) is 0 Å². The Hall–Kier alpha value is -2.76. The highest BCUT2D eigenvalue weighted by Crippen LogP contribution is 2.33. The molecule has 4 rings (SSSR count). The summed E-state index contributed by atoms with van der Waals surface area (Å²) in [5, 5.41) is 1.83. The van der Waals surface area contributed by atoms with Crippen LogP contribution >= 0.6 is 0 Å². The lowest BCUT2D eigenvalue weighted by molar-refractivity contribution is -0.195.